The Labute approximate surface area is 142 Å². The van der Waals surface area contributed by atoms with Crippen LogP contribution in [0.2, 0.25) is 0 Å². The number of benzene rings is 2. The summed E-state index contributed by atoms with van der Waals surface area (Å²) in [6.07, 6.45) is 5.14. The molecule has 0 spiro atoms. The molecule has 2 amide bonds. The van der Waals surface area contributed by atoms with Crippen molar-refractivity contribution in [2.24, 2.45) is 0 Å². The van der Waals surface area contributed by atoms with Crippen molar-refractivity contribution in [3.63, 3.8) is 0 Å². The van der Waals surface area contributed by atoms with Gasteiger partial charge in [-0.1, -0.05) is 48.5 Å². The Morgan fingerprint density at radius 3 is 2.08 bits per heavy atom. The second-order valence-electron chi connectivity index (χ2n) is 5.46. The highest BCUT2D eigenvalue weighted by atomic mass is 16.2. The summed E-state index contributed by atoms with van der Waals surface area (Å²) in [5, 5.41) is 0. The molecule has 0 aliphatic heterocycles. The topological polar surface area (TPSA) is 37.4 Å². The van der Waals surface area contributed by atoms with Crippen LogP contribution in [0.4, 0.5) is 5.69 Å². The number of nitrogens with zero attached hydrogens (tertiary/aromatic N) is 1. The number of imide groups is 1. The average Bonchev–Trinajstić information content (AvgIpc) is 2.60. The molecule has 122 valence electrons. The summed E-state index contributed by atoms with van der Waals surface area (Å²) in [4.78, 5) is 25.5. The number of carbonyl (C=O) groups is 2. The van der Waals surface area contributed by atoms with E-state index in [9.17, 15) is 9.59 Å². The highest BCUT2D eigenvalue weighted by Crippen LogP contribution is 2.20. The van der Waals surface area contributed by atoms with E-state index in [1.807, 2.05) is 62.4 Å². The van der Waals surface area contributed by atoms with E-state index in [-0.39, 0.29) is 11.8 Å². The summed E-state index contributed by atoms with van der Waals surface area (Å²) in [6, 6.07) is 16.9. The number of rotatable bonds is 4. The minimum Gasteiger partial charge on any atom is -0.274 e. The Kier molecular flexibility index (Phi) is 5.85. The van der Waals surface area contributed by atoms with E-state index in [0.29, 0.717) is 5.69 Å². The lowest BCUT2D eigenvalue weighted by molar-refractivity contribution is -0.122. The number of allylic oxidation sites excluding steroid dienone is 2. The Morgan fingerprint density at radius 1 is 0.917 bits per heavy atom. The van der Waals surface area contributed by atoms with Gasteiger partial charge in [-0.05, 0) is 48.8 Å². The number of carbonyl (C=O) groups excluding carboxylic acids is 2. The summed E-state index contributed by atoms with van der Waals surface area (Å²) >= 11 is 0. The van der Waals surface area contributed by atoms with Crippen LogP contribution in [0.3, 0.4) is 0 Å². The monoisotopic (exact) mass is 319 g/mol. The quantitative estimate of drug-likeness (QED) is 0.766. The predicted molar refractivity (Wildman–Crippen MR) is 99.4 cm³/mol. The first-order chi connectivity index (χ1) is 11.5. The first-order valence-electron chi connectivity index (χ1n) is 7.84. The molecule has 0 saturated heterocycles. The van der Waals surface area contributed by atoms with Crippen molar-refractivity contribution in [3.05, 3.63) is 77.9 Å². The van der Waals surface area contributed by atoms with E-state index in [0.717, 1.165) is 16.7 Å². The molecule has 2 aromatic carbocycles. The fraction of sp³-hybridized carbons (Fsp3) is 0.143. The fourth-order valence-electron chi connectivity index (χ4n) is 2.31. The van der Waals surface area contributed by atoms with Gasteiger partial charge in [-0.15, -0.1) is 0 Å². The molecule has 24 heavy (non-hydrogen) atoms. The van der Waals surface area contributed by atoms with Gasteiger partial charge in [0.15, 0.2) is 0 Å². The van der Waals surface area contributed by atoms with Crippen LogP contribution in [0.5, 0.6) is 0 Å². The van der Waals surface area contributed by atoms with E-state index in [2.05, 4.69) is 0 Å². The van der Waals surface area contributed by atoms with Gasteiger partial charge in [0.05, 0.1) is 5.69 Å². The molecule has 0 unspecified atom stereocenters. The zero-order chi connectivity index (χ0) is 17.5. The van der Waals surface area contributed by atoms with Gasteiger partial charge < -0.3 is 0 Å². The van der Waals surface area contributed by atoms with E-state index in [1.54, 1.807) is 18.2 Å². The van der Waals surface area contributed by atoms with Gasteiger partial charge in [0, 0.05) is 13.0 Å². The van der Waals surface area contributed by atoms with Crippen LogP contribution in [-0.4, -0.2) is 11.8 Å². The van der Waals surface area contributed by atoms with Gasteiger partial charge in [-0.2, -0.15) is 0 Å². The summed E-state index contributed by atoms with van der Waals surface area (Å²) < 4.78 is 0. The molecular weight excluding hydrogens is 298 g/mol. The molecule has 0 saturated carbocycles. The van der Waals surface area contributed by atoms with Gasteiger partial charge in [-0.25, -0.2) is 4.90 Å². The van der Waals surface area contributed by atoms with Gasteiger partial charge in [0.2, 0.25) is 5.91 Å². The first kappa shape index (κ1) is 17.4. The SMILES string of the molecule is CC=C(C)c1ccc(N(C(C)=O)C(=O)/C=C/c2ccccc2)cc1. The Bertz CT molecular complexity index is 771. The first-order valence-corrected chi connectivity index (χ1v) is 7.84. The zero-order valence-electron chi connectivity index (χ0n) is 14.2. The summed E-state index contributed by atoms with van der Waals surface area (Å²) in [5.74, 6) is -0.671. The molecule has 0 fully saturated rings. The van der Waals surface area contributed by atoms with Crippen LogP contribution >= 0.6 is 0 Å². The largest absolute Gasteiger partial charge is 0.274 e. The second-order valence-corrected chi connectivity index (χ2v) is 5.46. The van der Waals surface area contributed by atoms with Crippen molar-refractivity contribution in [1.29, 1.82) is 0 Å². The Morgan fingerprint density at radius 2 is 1.54 bits per heavy atom. The fourth-order valence-corrected chi connectivity index (χ4v) is 2.31. The molecule has 0 aliphatic carbocycles. The van der Waals surface area contributed by atoms with Crippen LogP contribution in [0.25, 0.3) is 11.6 Å². The minimum absolute atomic E-state index is 0.312. The second kappa shape index (κ2) is 8.06. The molecule has 0 heterocycles. The maximum absolute atomic E-state index is 12.4. The van der Waals surface area contributed by atoms with Crippen LogP contribution < -0.4 is 4.90 Å². The summed E-state index contributed by atoms with van der Waals surface area (Å²) in [5.41, 5.74) is 3.69. The summed E-state index contributed by atoms with van der Waals surface area (Å²) in [6.45, 7) is 5.38. The smallest absolute Gasteiger partial charge is 0.257 e. The van der Waals surface area contributed by atoms with Crippen LogP contribution in [0.1, 0.15) is 31.9 Å². The maximum Gasteiger partial charge on any atom is 0.257 e. The van der Waals surface area contributed by atoms with E-state index >= 15 is 0 Å². The van der Waals surface area contributed by atoms with Crippen LogP contribution in [0, 0.1) is 0 Å². The van der Waals surface area contributed by atoms with Crippen molar-refractivity contribution in [1.82, 2.24) is 0 Å². The standard InChI is InChI=1S/C21H21NO2/c1-4-16(2)19-11-13-20(14-12-19)22(17(3)23)21(24)15-10-18-8-6-5-7-9-18/h4-15H,1-3H3/b15-10+,16-4?. The average molecular weight is 319 g/mol. The highest BCUT2D eigenvalue weighted by Gasteiger charge is 2.17. The third kappa shape index (κ3) is 4.29. The van der Waals surface area contributed by atoms with E-state index in [1.165, 1.54) is 17.9 Å². The molecule has 0 aromatic heterocycles. The third-order valence-corrected chi connectivity index (χ3v) is 3.77. The number of amides is 2. The van der Waals surface area contributed by atoms with Gasteiger partial charge in [-0.3, -0.25) is 9.59 Å². The molecule has 0 bridgehead atoms. The molecule has 3 nitrogen and oxygen atoms in total. The zero-order valence-corrected chi connectivity index (χ0v) is 14.2. The van der Waals surface area contributed by atoms with Crippen molar-refractivity contribution in [3.8, 4) is 0 Å². The normalized spacial score (nSPS) is 11.5. The molecule has 0 atom stereocenters. The summed E-state index contributed by atoms with van der Waals surface area (Å²) in [7, 11) is 0. The van der Waals surface area contributed by atoms with Gasteiger partial charge in [0.1, 0.15) is 0 Å². The van der Waals surface area contributed by atoms with Crippen LogP contribution in [0.15, 0.2) is 66.7 Å². The number of anilines is 1. The minimum atomic E-state index is -0.359. The number of hydrogen-bond acceptors (Lipinski definition) is 2. The van der Waals surface area contributed by atoms with E-state index in [4.69, 9.17) is 0 Å². The van der Waals surface area contributed by atoms with Gasteiger partial charge >= 0.3 is 0 Å². The predicted octanol–water partition coefficient (Wildman–Crippen LogP) is 4.70. The molecule has 3 heteroatoms. The van der Waals surface area contributed by atoms with Crippen molar-refractivity contribution < 1.29 is 9.59 Å². The Hall–Kier alpha value is -2.94. The van der Waals surface area contributed by atoms with Crippen molar-refractivity contribution in [2.75, 3.05) is 4.90 Å². The molecule has 0 aliphatic rings. The molecule has 2 aromatic rings. The number of hydrogen-bond donors (Lipinski definition) is 0. The maximum atomic E-state index is 12.4. The van der Waals surface area contributed by atoms with Gasteiger partial charge in [0.25, 0.3) is 5.91 Å². The Balaban J connectivity index is 2.24. The molecule has 0 radical (unpaired) electrons. The van der Waals surface area contributed by atoms with E-state index < -0.39 is 0 Å². The third-order valence-electron chi connectivity index (χ3n) is 3.77. The lowest BCUT2D eigenvalue weighted by Gasteiger charge is -2.18. The molecular formula is C21H21NO2. The molecule has 2 rings (SSSR count). The molecule has 0 N–H and O–H groups in total. The lowest BCUT2D eigenvalue weighted by Crippen LogP contribution is -2.33. The van der Waals surface area contributed by atoms with Crippen LogP contribution in [-0.2, 0) is 9.59 Å². The van der Waals surface area contributed by atoms with Crippen molar-refractivity contribution >= 4 is 29.2 Å². The van der Waals surface area contributed by atoms with Crippen molar-refractivity contribution in [2.45, 2.75) is 20.8 Å². The highest BCUT2D eigenvalue weighted by molar-refractivity contribution is 6.19. The lowest BCUT2D eigenvalue weighted by atomic mass is 10.1.